The minimum absolute atomic E-state index is 0.0625. The third-order valence-corrected chi connectivity index (χ3v) is 4.05. The lowest BCUT2D eigenvalue weighted by atomic mass is 10.00. The molecule has 2 fully saturated rings. The molecule has 0 radical (unpaired) electrons. The molecule has 1 N–H and O–H groups in total. The first-order valence-corrected chi connectivity index (χ1v) is 6.07. The molecule has 16 heavy (non-hydrogen) atoms. The smallest absolute Gasteiger partial charge is 0.233 e. The Morgan fingerprint density at radius 3 is 2.19 bits per heavy atom. The van der Waals surface area contributed by atoms with Crippen molar-refractivity contribution in [2.45, 2.75) is 39.2 Å². The van der Waals surface area contributed by atoms with Crippen LogP contribution in [0.4, 0.5) is 0 Å². The lowest BCUT2D eigenvalue weighted by Gasteiger charge is -2.22. The van der Waals surface area contributed by atoms with Crippen molar-refractivity contribution in [3.8, 4) is 0 Å². The van der Waals surface area contributed by atoms with Crippen molar-refractivity contribution >= 4 is 11.8 Å². The van der Waals surface area contributed by atoms with E-state index in [-0.39, 0.29) is 36.3 Å². The Bertz CT molecular complexity index is 291. The molecule has 4 heteroatoms. The molecule has 0 aromatic carbocycles. The van der Waals surface area contributed by atoms with E-state index < -0.39 is 0 Å². The molecule has 0 bridgehead atoms. The predicted molar refractivity (Wildman–Crippen MR) is 58.4 cm³/mol. The number of aliphatic hydroxyl groups is 1. The maximum Gasteiger partial charge on any atom is 0.233 e. The summed E-state index contributed by atoms with van der Waals surface area (Å²) in [6, 6.07) is -0.370. The van der Waals surface area contributed by atoms with Crippen LogP contribution in [0.25, 0.3) is 0 Å². The van der Waals surface area contributed by atoms with Crippen LogP contribution in [-0.2, 0) is 9.59 Å². The molecule has 2 unspecified atom stereocenters. The van der Waals surface area contributed by atoms with Gasteiger partial charge in [0.1, 0.15) is 0 Å². The van der Waals surface area contributed by atoms with Crippen molar-refractivity contribution in [3.05, 3.63) is 0 Å². The highest BCUT2D eigenvalue weighted by molar-refractivity contribution is 6.05. The quantitative estimate of drug-likeness (QED) is 0.722. The van der Waals surface area contributed by atoms with Crippen LogP contribution in [0.15, 0.2) is 0 Å². The van der Waals surface area contributed by atoms with E-state index in [4.69, 9.17) is 5.11 Å². The molecule has 2 rings (SSSR count). The molecular formula is C12H19NO3. The lowest BCUT2D eigenvalue weighted by molar-refractivity contribution is -0.143. The zero-order valence-electron chi connectivity index (χ0n) is 9.85. The number of hydrogen-bond donors (Lipinski definition) is 1. The number of imide groups is 1. The molecule has 1 saturated heterocycles. The molecule has 4 nitrogen and oxygen atoms in total. The zero-order chi connectivity index (χ0) is 11.9. The number of aliphatic hydroxyl groups excluding tert-OH is 1. The van der Waals surface area contributed by atoms with Crippen LogP contribution in [0.5, 0.6) is 0 Å². The highest BCUT2D eigenvalue weighted by atomic mass is 16.3. The number of rotatable bonds is 3. The highest BCUT2D eigenvalue weighted by Crippen LogP contribution is 2.44. The molecule has 0 aromatic heterocycles. The van der Waals surface area contributed by atoms with Crippen LogP contribution in [0, 0.1) is 17.8 Å². The number of nitrogens with zero attached hydrogens (tertiary/aromatic N) is 1. The van der Waals surface area contributed by atoms with Crippen molar-refractivity contribution in [3.63, 3.8) is 0 Å². The summed E-state index contributed by atoms with van der Waals surface area (Å²) >= 11 is 0. The van der Waals surface area contributed by atoms with Gasteiger partial charge in [0.2, 0.25) is 11.8 Å². The molecule has 0 spiro atoms. The molecule has 1 aliphatic heterocycles. The van der Waals surface area contributed by atoms with Crippen molar-refractivity contribution in [2.24, 2.45) is 17.8 Å². The first-order chi connectivity index (χ1) is 7.60. The Kier molecular flexibility index (Phi) is 3.02. The normalized spacial score (nSPS) is 35.7. The molecular weight excluding hydrogens is 206 g/mol. The molecule has 2 amide bonds. The average Bonchev–Trinajstić information content (AvgIpc) is 2.80. The maximum atomic E-state index is 12.1. The van der Waals surface area contributed by atoms with Crippen LogP contribution in [0.1, 0.15) is 33.1 Å². The standard InChI is InChI=1S/C12H19NO3/c1-3-8-4-9-10(5-8)12(16)13(11(9)15)7(2)6-14/h7-10,14H,3-6H2,1-2H3/t7-,8?,9?,10?/m1/s1. The summed E-state index contributed by atoms with van der Waals surface area (Å²) in [6.45, 7) is 3.68. The van der Waals surface area contributed by atoms with Gasteiger partial charge in [0.25, 0.3) is 0 Å². The third-order valence-electron chi connectivity index (χ3n) is 4.05. The molecule has 1 aliphatic carbocycles. The van der Waals surface area contributed by atoms with Crippen LogP contribution in [0.2, 0.25) is 0 Å². The fraction of sp³-hybridized carbons (Fsp3) is 0.833. The van der Waals surface area contributed by atoms with Crippen LogP contribution in [0.3, 0.4) is 0 Å². The first kappa shape index (κ1) is 11.6. The molecule has 1 saturated carbocycles. The fourth-order valence-electron chi connectivity index (χ4n) is 3.00. The van der Waals surface area contributed by atoms with E-state index in [2.05, 4.69) is 6.92 Å². The Labute approximate surface area is 95.6 Å². The summed E-state index contributed by atoms with van der Waals surface area (Å²) < 4.78 is 0. The molecule has 3 atom stereocenters. The number of fused-ring (bicyclic) bond motifs is 1. The Balaban J connectivity index is 2.16. The van der Waals surface area contributed by atoms with Crippen molar-refractivity contribution < 1.29 is 14.7 Å². The number of hydrogen-bond acceptors (Lipinski definition) is 3. The van der Waals surface area contributed by atoms with E-state index in [0.29, 0.717) is 5.92 Å². The molecule has 2 aliphatic rings. The summed E-state index contributed by atoms with van der Waals surface area (Å²) in [6.07, 6.45) is 2.74. The van der Waals surface area contributed by atoms with Gasteiger partial charge in [-0.15, -0.1) is 0 Å². The number of likely N-dealkylation sites (tertiary alicyclic amines) is 1. The van der Waals surface area contributed by atoms with Crippen molar-refractivity contribution in [1.29, 1.82) is 0 Å². The van der Waals surface area contributed by atoms with E-state index in [1.165, 1.54) is 4.90 Å². The van der Waals surface area contributed by atoms with Gasteiger partial charge < -0.3 is 5.11 Å². The lowest BCUT2D eigenvalue weighted by Crippen LogP contribution is -2.41. The average molecular weight is 225 g/mol. The van der Waals surface area contributed by atoms with E-state index in [1.54, 1.807) is 6.92 Å². The second-order valence-corrected chi connectivity index (χ2v) is 5.04. The van der Waals surface area contributed by atoms with Gasteiger partial charge in [0, 0.05) is 0 Å². The van der Waals surface area contributed by atoms with Crippen molar-refractivity contribution in [1.82, 2.24) is 4.90 Å². The van der Waals surface area contributed by atoms with E-state index in [0.717, 1.165) is 19.3 Å². The Hall–Kier alpha value is -0.900. The van der Waals surface area contributed by atoms with E-state index >= 15 is 0 Å². The van der Waals surface area contributed by atoms with Gasteiger partial charge in [-0.1, -0.05) is 13.3 Å². The minimum atomic E-state index is -0.370. The summed E-state index contributed by atoms with van der Waals surface area (Å²) in [5.74, 6) is 0.187. The van der Waals surface area contributed by atoms with E-state index in [9.17, 15) is 9.59 Å². The third kappa shape index (κ3) is 1.56. The van der Waals surface area contributed by atoms with E-state index in [1.807, 2.05) is 0 Å². The van der Waals surface area contributed by atoms with Gasteiger partial charge in [0.15, 0.2) is 0 Å². The largest absolute Gasteiger partial charge is 0.394 e. The van der Waals surface area contributed by atoms with Crippen LogP contribution in [-0.4, -0.2) is 34.5 Å². The Morgan fingerprint density at radius 1 is 1.31 bits per heavy atom. The summed E-state index contributed by atoms with van der Waals surface area (Å²) in [5, 5.41) is 9.05. The van der Waals surface area contributed by atoms with Crippen molar-refractivity contribution in [2.75, 3.05) is 6.61 Å². The van der Waals surface area contributed by atoms with Gasteiger partial charge in [-0.05, 0) is 25.7 Å². The van der Waals surface area contributed by atoms with Gasteiger partial charge in [-0.3, -0.25) is 14.5 Å². The molecule has 1 heterocycles. The summed E-state index contributed by atoms with van der Waals surface area (Å²) in [5.41, 5.74) is 0. The Morgan fingerprint density at radius 2 is 1.81 bits per heavy atom. The van der Waals surface area contributed by atoms with Gasteiger partial charge in [-0.25, -0.2) is 0 Å². The second-order valence-electron chi connectivity index (χ2n) is 5.04. The maximum absolute atomic E-state index is 12.1. The predicted octanol–water partition coefficient (Wildman–Crippen LogP) is 0.788. The molecule has 0 aromatic rings. The van der Waals surface area contributed by atoms with Crippen LogP contribution >= 0.6 is 0 Å². The summed E-state index contributed by atoms with van der Waals surface area (Å²) in [7, 11) is 0. The minimum Gasteiger partial charge on any atom is -0.394 e. The monoisotopic (exact) mass is 225 g/mol. The number of carbonyl (C=O) groups excluding carboxylic acids is 2. The SMILES string of the molecule is CCC1CC2C(=O)N([C@H](C)CO)C(=O)C2C1. The second kappa shape index (κ2) is 4.17. The fourth-order valence-corrected chi connectivity index (χ4v) is 3.00. The number of amides is 2. The van der Waals surface area contributed by atoms with Crippen LogP contribution < -0.4 is 0 Å². The molecule has 90 valence electrons. The number of carbonyl (C=O) groups is 2. The first-order valence-electron chi connectivity index (χ1n) is 6.07. The van der Waals surface area contributed by atoms with Gasteiger partial charge in [-0.2, -0.15) is 0 Å². The van der Waals surface area contributed by atoms with Gasteiger partial charge in [0.05, 0.1) is 24.5 Å². The topological polar surface area (TPSA) is 57.6 Å². The zero-order valence-corrected chi connectivity index (χ0v) is 9.85. The summed E-state index contributed by atoms with van der Waals surface area (Å²) in [4.78, 5) is 25.4. The highest BCUT2D eigenvalue weighted by Gasteiger charge is 2.53. The van der Waals surface area contributed by atoms with Gasteiger partial charge >= 0.3 is 0 Å².